The summed E-state index contributed by atoms with van der Waals surface area (Å²) >= 11 is 0. The SMILES string of the molecule is O=C(Cc1ccccn1)Nc1cc(C(=O)O)ccc1F. The van der Waals surface area contributed by atoms with Crippen LogP contribution < -0.4 is 5.32 Å². The van der Waals surface area contributed by atoms with Crippen LogP contribution in [0.25, 0.3) is 0 Å². The smallest absolute Gasteiger partial charge is 0.335 e. The second-order valence-corrected chi connectivity index (χ2v) is 4.05. The lowest BCUT2D eigenvalue weighted by molar-refractivity contribution is -0.115. The first-order valence-electron chi connectivity index (χ1n) is 5.79. The van der Waals surface area contributed by atoms with Gasteiger partial charge in [0.2, 0.25) is 5.91 Å². The van der Waals surface area contributed by atoms with Crippen molar-refractivity contribution in [2.24, 2.45) is 0 Å². The molecule has 1 aromatic carbocycles. The number of nitrogens with zero attached hydrogens (tertiary/aromatic N) is 1. The van der Waals surface area contributed by atoms with Crippen LogP contribution in [-0.4, -0.2) is 22.0 Å². The molecule has 5 nitrogen and oxygen atoms in total. The van der Waals surface area contributed by atoms with E-state index in [2.05, 4.69) is 10.3 Å². The predicted octanol–water partition coefficient (Wildman–Crippen LogP) is 2.10. The van der Waals surface area contributed by atoms with Gasteiger partial charge in [-0.15, -0.1) is 0 Å². The first-order chi connectivity index (χ1) is 9.56. The Kier molecular flexibility index (Phi) is 4.05. The van der Waals surface area contributed by atoms with Crippen molar-refractivity contribution in [1.29, 1.82) is 0 Å². The summed E-state index contributed by atoms with van der Waals surface area (Å²) in [7, 11) is 0. The van der Waals surface area contributed by atoms with Gasteiger partial charge in [0.25, 0.3) is 0 Å². The lowest BCUT2D eigenvalue weighted by atomic mass is 10.2. The number of benzene rings is 1. The number of hydrogen-bond acceptors (Lipinski definition) is 3. The number of nitrogens with one attached hydrogen (secondary N) is 1. The van der Waals surface area contributed by atoms with Gasteiger partial charge in [0, 0.05) is 11.9 Å². The van der Waals surface area contributed by atoms with Crippen LogP contribution in [0.5, 0.6) is 0 Å². The number of pyridine rings is 1. The Labute approximate surface area is 114 Å². The summed E-state index contributed by atoms with van der Waals surface area (Å²) in [5, 5.41) is 11.2. The molecule has 0 bridgehead atoms. The van der Waals surface area contributed by atoms with Gasteiger partial charge < -0.3 is 10.4 Å². The minimum Gasteiger partial charge on any atom is -0.478 e. The van der Waals surface area contributed by atoms with Crippen LogP contribution in [0.15, 0.2) is 42.6 Å². The third kappa shape index (κ3) is 3.38. The van der Waals surface area contributed by atoms with E-state index in [4.69, 9.17) is 5.11 Å². The summed E-state index contributed by atoms with van der Waals surface area (Å²) in [5.41, 5.74) is 0.283. The maximum Gasteiger partial charge on any atom is 0.335 e. The minimum absolute atomic E-state index is 0.0163. The Morgan fingerprint density at radius 3 is 2.70 bits per heavy atom. The van der Waals surface area contributed by atoms with Crippen LogP contribution in [0.2, 0.25) is 0 Å². The normalized spacial score (nSPS) is 10.1. The van der Waals surface area contributed by atoms with Crippen LogP contribution in [0.1, 0.15) is 16.1 Å². The highest BCUT2D eigenvalue weighted by atomic mass is 19.1. The van der Waals surface area contributed by atoms with E-state index >= 15 is 0 Å². The van der Waals surface area contributed by atoms with Crippen molar-refractivity contribution >= 4 is 17.6 Å². The van der Waals surface area contributed by atoms with E-state index in [1.807, 2.05) is 0 Å². The molecule has 0 aliphatic carbocycles. The van der Waals surface area contributed by atoms with Crippen LogP contribution >= 0.6 is 0 Å². The molecule has 0 aliphatic heterocycles. The zero-order chi connectivity index (χ0) is 14.5. The summed E-state index contributed by atoms with van der Waals surface area (Å²) in [5.74, 6) is -2.35. The molecule has 20 heavy (non-hydrogen) atoms. The Morgan fingerprint density at radius 1 is 1.25 bits per heavy atom. The van der Waals surface area contributed by atoms with Gasteiger partial charge in [-0.3, -0.25) is 9.78 Å². The fourth-order valence-corrected chi connectivity index (χ4v) is 1.62. The van der Waals surface area contributed by atoms with Gasteiger partial charge in [0.05, 0.1) is 17.7 Å². The first-order valence-corrected chi connectivity index (χ1v) is 5.79. The average Bonchev–Trinajstić information content (AvgIpc) is 2.42. The maximum atomic E-state index is 13.5. The standard InChI is InChI=1S/C14H11FN2O3/c15-11-5-4-9(14(19)20)7-12(11)17-13(18)8-10-3-1-2-6-16-10/h1-7H,8H2,(H,17,18)(H,19,20). The number of carbonyl (C=O) groups is 2. The van der Waals surface area contributed by atoms with E-state index in [9.17, 15) is 14.0 Å². The fourth-order valence-electron chi connectivity index (χ4n) is 1.62. The van der Waals surface area contributed by atoms with Crippen molar-refractivity contribution in [1.82, 2.24) is 4.98 Å². The number of anilines is 1. The van der Waals surface area contributed by atoms with Crippen molar-refractivity contribution in [3.63, 3.8) is 0 Å². The molecule has 2 aromatic rings. The zero-order valence-electron chi connectivity index (χ0n) is 10.3. The topological polar surface area (TPSA) is 79.3 Å². The summed E-state index contributed by atoms with van der Waals surface area (Å²) in [6.07, 6.45) is 1.53. The number of aromatic carboxylic acids is 1. The minimum atomic E-state index is -1.19. The number of rotatable bonds is 4. The lowest BCUT2D eigenvalue weighted by Crippen LogP contribution is -2.16. The van der Waals surface area contributed by atoms with Crippen molar-refractivity contribution in [3.8, 4) is 0 Å². The van der Waals surface area contributed by atoms with Gasteiger partial charge in [0.1, 0.15) is 5.82 Å². The molecule has 0 saturated carbocycles. The first kappa shape index (κ1) is 13.7. The molecule has 0 spiro atoms. The number of carbonyl (C=O) groups excluding carboxylic acids is 1. The van der Waals surface area contributed by atoms with E-state index < -0.39 is 17.7 Å². The van der Waals surface area contributed by atoms with Crippen molar-refractivity contribution in [3.05, 3.63) is 59.7 Å². The van der Waals surface area contributed by atoms with Crippen LogP contribution in [0.4, 0.5) is 10.1 Å². The molecule has 102 valence electrons. The van der Waals surface area contributed by atoms with Crippen molar-refractivity contribution in [2.45, 2.75) is 6.42 Å². The van der Waals surface area contributed by atoms with Gasteiger partial charge in [-0.2, -0.15) is 0 Å². The Bertz CT molecular complexity index is 644. The predicted molar refractivity (Wildman–Crippen MR) is 69.9 cm³/mol. The van der Waals surface area contributed by atoms with Crippen LogP contribution in [0.3, 0.4) is 0 Å². The number of amides is 1. The molecular weight excluding hydrogens is 263 g/mol. The van der Waals surface area contributed by atoms with Gasteiger partial charge in [-0.1, -0.05) is 6.07 Å². The summed E-state index contributed by atoms with van der Waals surface area (Å²) in [6.45, 7) is 0. The Morgan fingerprint density at radius 2 is 2.05 bits per heavy atom. The lowest BCUT2D eigenvalue weighted by Gasteiger charge is -2.07. The van der Waals surface area contributed by atoms with Crippen LogP contribution in [-0.2, 0) is 11.2 Å². The summed E-state index contributed by atoms with van der Waals surface area (Å²) in [4.78, 5) is 26.5. The number of carboxylic acids is 1. The van der Waals surface area contributed by atoms with Gasteiger partial charge in [-0.25, -0.2) is 9.18 Å². The van der Waals surface area contributed by atoms with E-state index in [1.165, 1.54) is 0 Å². The number of hydrogen-bond donors (Lipinski definition) is 2. The number of carboxylic acid groups (broad SMARTS) is 1. The van der Waals surface area contributed by atoms with E-state index in [-0.39, 0.29) is 17.7 Å². The molecule has 1 aromatic heterocycles. The highest BCUT2D eigenvalue weighted by Crippen LogP contribution is 2.16. The van der Waals surface area contributed by atoms with Gasteiger partial charge in [-0.05, 0) is 30.3 Å². The monoisotopic (exact) mass is 274 g/mol. The molecule has 0 aliphatic rings. The Hall–Kier alpha value is -2.76. The summed E-state index contributed by atoms with van der Waals surface area (Å²) < 4.78 is 13.5. The average molecular weight is 274 g/mol. The van der Waals surface area contributed by atoms with Crippen LogP contribution in [0, 0.1) is 5.82 Å². The van der Waals surface area contributed by atoms with E-state index in [0.717, 1.165) is 18.2 Å². The molecule has 1 amide bonds. The van der Waals surface area contributed by atoms with Gasteiger partial charge in [0.15, 0.2) is 0 Å². The van der Waals surface area contributed by atoms with Crippen molar-refractivity contribution < 1.29 is 19.1 Å². The third-order valence-corrected chi connectivity index (χ3v) is 2.56. The third-order valence-electron chi connectivity index (χ3n) is 2.56. The molecule has 0 atom stereocenters. The van der Waals surface area contributed by atoms with E-state index in [0.29, 0.717) is 5.69 Å². The molecular formula is C14H11FN2O3. The maximum absolute atomic E-state index is 13.5. The number of aromatic nitrogens is 1. The molecule has 0 saturated heterocycles. The molecule has 2 N–H and O–H groups in total. The highest BCUT2D eigenvalue weighted by Gasteiger charge is 2.11. The molecule has 0 fully saturated rings. The Balaban J connectivity index is 2.11. The largest absolute Gasteiger partial charge is 0.478 e. The molecule has 6 heteroatoms. The second kappa shape index (κ2) is 5.92. The number of halogens is 1. The zero-order valence-corrected chi connectivity index (χ0v) is 10.3. The molecule has 0 radical (unpaired) electrons. The molecule has 1 heterocycles. The van der Waals surface area contributed by atoms with E-state index in [1.54, 1.807) is 24.4 Å². The second-order valence-electron chi connectivity index (χ2n) is 4.05. The summed E-state index contributed by atoms with van der Waals surface area (Å²) in [6, 6.07) is 8.34. The molecule has 0 unspecified atom stereocenters. The highest BCUT2D eigenvalue weighted by molar-refractivity contribution is 5.94. The quantitative estimate of drug-likeness (QED) is 0.894. The fraction of sp³-hybridized carbons (Fsp3) is 0.0714. The molecule has 2 rings (SSSR count). The van der Waals surface area contributed by atoms with Crippen molar-refractivity contribution in [2.75, 3.05) is 5.32 Å². The van der Waals surface area contributed by atoms with Gasteiger partial charge >= 0.3 is 5.97 Å².